The maximum atomic E-state index is 14.5. The van der Waals surface area contributed by atoms with Crippen molar-refractivity contribution in [3.8, 4) is 0 Å². The first kappa shape index (κ1) is 130. The second kappa shape index (κ2) is 98.0. The minimum atomic E-state index is -0.169. The van der Waals surface area contributed by atoms with Gasteiger partial charge in [0.05, 0.1) is 50.8 Å². The summed E-state index contributed by atoms with van der Waals surface area (Å²) in [4.78, 5) is 105. The molecule has 0 rings (SSSR count). The summed E-state index contributed by atoms with van der Waals surface area (Å²) in [6.07, 6.45) is 84.7. The van der Waals surface area contributed by atoms with Crippen molar-refractivity contribution in [3.63, 3.8) is 0 Å². The van der Waals surface area contributed by atoms with Gasteiger partial charge in [-0.1, -0.05) is 416 Å². The maximum Gasteiger partial charge on any atom is 0.309 e. The molecular formula is C118H228N4O12. The molecule has 6 unspecified atom stereocenters. The molecule has 0 bridgehead atoms. The molecule has 0 aromatic carbocycles. The Morgan fingerprint density at radius 3 is 0.821 bits per heavy atom. The van der Waals surface area contributed by atoms with E-state index in [1.807, 2.05) is 0 Å². The summed E-state index contributed by atoms with van der Waals surface area (Å²) in [5.41, 5.74) is 0. The van der Waals surface area contributed by atoms with E-state index in [0.29, 0.717) is 88.4 Å². The number of nitrogens with zero attached hydrogens (tertiary/aromatic N) is 4. The predicted molar refractivity (Wildman–Crippen MR) is 570 cm³/mol. The van der Waals surface area contributed by atoms with Gasteiger partial charge in [0.15, 0.2) is 0 Å². The molecular weight excluding hydrogens is 1670 g/mol. The van der Waals surface area contributed by atoms with Gasteiger partial charge >= 0.3 is 29.8 Å². The van der Waals surface area contributed by atoms with Crippen LogP contribution in [0.2, 0.25) is 0 Å². The number of unbranched alkanes of at least 4 members (excludes halogenated alkanes) is 46. The van der Waals surface area contributed by atoms with E-state index < -0.39 is 0 Å². The Bertz CT molecular complexity index is 2550. The molecule has 0 aliphatic carbocycles. The van der Waals surface area contributed by atoms with Gasteiger partial charge in [-0.15, -0.1) is 0 Å². The fourth-order valence-electron chi connectivity index (χ4n) is 19.9. The van der Waals surface area contributed by atoms with Crippen molar-refractivity contribution >= 4 is 41.7 Å². The fraction of sp³-hybridized carbons (Fsp3) is 0.941. The van der Waals surface area contributed by atoms with E-state index in [1.54, 1.807) is 0 Å². The molecule has 0 aliphatic rings. The number of carbonyl (C=O) groups excluding carboxylic acids is 7. The number of carbonyl (C=O) groups is 7. The lowest BCUT2D eigenvalue weighted by molar-refractivity contribution is -0.152. The Kier molecular flexibility index (Phi) is 95.2. The molecule has 2 amide bonds. The van der Waals surface area contributed by atoms with E-state index in [4.69, 9.17) is 23.7 Å². The number of rotatable bonds is 105. The summed E-state index contributed by atoms with van der Waals surface area (Å²) in [6, 6.07) is 0.521. The van der Waals surface area contributed by atoms with Gasteiger partial charge in [-0.2, -0.15) is 0 Å². The van der Waals surface area contributed by atoms with Crippen molar-refractivity contribution in [1.29, 1.82) is 0 Å². The van der Waals surface area contributed by atoms with Crippen molar-refractivity contribution in [2.24, 2.45) is 35.5 Å². The molecule has 0 heterocycles. The average molecular weight is 1900 g/mol. The van der Waals surface area contributed by atoms with Gasteiger partial charge in [0.2, 0.25) is 11.8 Å². The van der Waals surface area contributed by atoms with Crippen LogP contribution in [0.3, 0.4) is 0 Å². The van der Waals surface area contributed by atoms with Crippen LogP contribution in [0.25, 0.3) is 0 Å². The highest BCUT2D eigenvalue weighted by Gasteiger charge is 2.32. The highest BCUT2D eigenvalue weighted by Crippen LogP contribution is 2.34. The molecule has 792 valence electrons. The molecule has 0 spiro atoms. The molecule has 16 heteroatoms. The Morgan fingerprint density at radius 2 is 0.478 bits per heavy atom. The molecule has 6 atom stereocenters. The van der Waals surface area contributed by atoms with Crippen molar-refractivity contribution < 1.29 is 57.2 Å². The molecule has 0 fully saturated rings. The standard InChI is InChI=1S/C118H228N4O12/c1-15-25-33-37-54-69-89-112(123)121(97-76-95-119(11)12)109(84-64-50-40-38-47-58-73-99-130-116(127)107(82-62-34-26-16-2)83-63-35-27-17-3)85-65-51-41-39-48-59-75-101-132-118(129)111(88-68-36-28-18-4)106(81-61-29-19-5)93-94-108(80-32-22-8)117(128)131-100-74-60-49-46-55-70-90-113(124)122(98-77-96-120(13)14)110(86-66-52-42-44-56-71-91-114(125)133-102-104(23-9)78-30-20-6)87-67-53-43-45-57-72-92-115(126)134-103-105(24-10)79-31-21-7/h104-111H,15-103H2,1-14H3. The molecule has 0 radical (unpaired) electrons. The van der Waals surface area contributed by atoms with E-state index in [9.17, 15) is 33.6 Å². The highest BCUT2D eigenvalue weighted by atomic mass is 16.5. The first-order valence-electron chi connectivity index (χ1n) is 59.0. The van der Waals surface area contributed by atoms with Crippen LogP contribution in [-0.4, -0.2) is 161 Å². The topological polar surface area (TPSA) is 179 Å². The predicted octanol–water partition coefficient (Wildman–Crippen LogP) is 33.3. The van der Waals surface area contributed by atoms with Gasteiger partial charge in [-0.05, 0) is 200 Å². The third kappa shape index (κ3) is 78.9. The highest BCUT2D eigenvalue weighted by molar-refractivity contribution is 5.77. The zero-order chi connectivity index (χ0) is 98.4. The van der Waals surface area contributed by atoms with Crippen molar-refractivity contribution in [1.82, 2.24) is 19.6 Å². The molecule has 0 N–H and O–H groups in total. The van der Waals surface area contributed by atoms with Crippen LogP contribution in [0, 0.1) is 35.5 Å². The lowest BCUT2D eigenvalue weighted by Gasteiger charge is -2.33. The van der Waals surface area contributed by atoms with Crippen LogP contribution in [0.4, 0.5) is 0 Å². The van der Waals surface area contributed by atoms with Crippen LogP contribution in [0.15, 0.2) is 0 Å². The van der Waals surface area contributed by atoms with E-state index in [0.717, 1.165) is 373 Å². The Morgan fingerprint density at radius 1 is 0.216 bits per heavy atom. The third-order valence-corrected chi connectivity index (χ3v) is 29.2. The second-order valence-corrected chi connectivity index (χ2v) is 42.3. The number of ether oxygens (including phenoxy) is 5. The van der Waals surface area contributed by atoms with Gasteiger partial charge in [0.25, 0.3) is 0 Å². The van der Waals surface area contributed by atoms with Gasteiger partial charge in [0, 0.05) is 50.9 Å². The lowest BCUT2D eigenvalue weighted by Crippen LogP contribution is -2.41. The first-order chi connectivity index (χ1) is 65.3. The van der Waals surface area contributed by atoms with E-state index in [1.165, 1.54) is 141 Å². The van der Waals surface area contributed by atoms with E-state index in [2.05, 4.69) is 117 Å². The quantitative estimate of drug-likeness (QED) is 0.0319. The molecule has 16 nitrogen and oxygen atoms in total. The lowest BCUT2D eigenvalue weighted by atomic mass is 9.79. The first-order valence-corrected chi connectivity index (χ1v) is 59.0. The number of hydrogen-bond acceptors (Lipinski definition) is 14. The smallest absolute Gasteiger partial charge is 0.309 e. The van der Waals surface area contributed by atoms with E-state index in [-0.39, 0.29) is 59.6 Å². The Labute approximate surface area is 831 Å². The monoisotopic (exact) mass is 1890 g/mol. The fourth-order valence-corrected chi connectivity index (χ4v) is 19.9. The molecule has 0 aliphatic heterocycles. The van der Waals surface area contributed by atoms with Gasteiger partial charge in [0.1, 0.15) is 0 Å². The number of amides is 2. The third-order valence-electron chi connectivity index (χ3n) is 29.2. The summed E-state index contributed by atoms with van der Waals surface area (Å²) in [6.45, 7) is 28.4. The van der Waals surface area contributed by atoms with Gasteiger partial charge < -0.3 is 43.3 Å². The summed E-state index contributed by atoms with van der Waals surface area (Å²) in [7, 11) is 8.53. The zero-order valence-corrected chi connectivity index (χ0v) is 91.7. The molecule has 0 saturated heterocycles. The Hall–Kier alpha value is -3.79. The summed E-state index contributed by atoms with van der Waals surface area (Å²) in [5, 5.41) is 0. The number of esters is 5. The number of hydrogen-bond donors (Lipinski definition) is 0. The summed E-state index contributed by atoms with van der Waals surface area (Å²) < 4.78 is 29.8. The van der Waals surface area contributed by atoms with Crippen LogP contribution in [0.1, 0.15) is 583 Å². The van der Waals surface area contributed by atoms with Crippen molar-refractivity contribution in [2.75, 3.05) is 87.4 Å². The molecule has 134 heavy (non-hydrogen) atoms. The van der Waals surface area contributed by atoms with Gasteiger partial charge in [-0.3, -0.25) is 33.6 Å². The van der Waals surface area contributed by atoms with Crippen LogP contribution >= 0.6 is 0 Å². The summed E-state index contributed by atoms with van der Waals surface area (Å²) in [5.74, 6) is 1.41. The normalized spacial score (nSPS) is 13.3. The average Bonchev–Trinajstić information content (AvgIpc) is 0.888. The molecule has 0 aromatic rings. The van der Waals surface area contributed by atoms with Crippen LogP contribution in [0.5, 0.6) is 0 Å². The minimum Gasteiger partial charge on any atom is -0.465 e. The van der Waals surface area contributed by atoms with Crippen molar-refractivity contribution in [2.45, 2.75) is 595 Å². The van der Waals surface area contributed by atoms with Crippen LogP contribution < -0.4 is 0 Å². The molecule has 0 aromatic heterocycles. The largest absolute Gasteiger partial charge is 0.465 e. The van der Waals surface area contributed by atoms with Crippen LogP contribution in [-0.2, 0) is 57.2 Å². The SMILES string of the molecule is CCCCCCCCC(=O)N(CCCN(C)C)C(CCCCCCCCCOC(=O)C(CCCCCC)CCCCCC)CCCCCCCCCOC(=O)C(CCCCCC)C(CCCCC)CCC(CCCC)C(=O)OCCCCCCCCC(=O)N(CCCN(C)C)C(CCCCCCCCC(=O)OCC(CC)CCCC)CCCCCCCCC(=O)OCC(CC)CCCC. The van der Waals surface area contributed by atoms with Gasteiger partial charge in [-0.25, -0.2) is 0 Å². The van der Waals surface area contributed by atoms with E-state index >= 15 is 0 Å². The summed E-state index contributed by atoms with van der Waals surface area (Å²) >= 11 is 0. The second-order valence-electron chi connectivity index (χ2n) is 42.3. The minimum absolute atomic E-state index is 0.0212. The Balaban J connectivity index is 5.81. The maximum absolute atomic E-state index is 14.5. The molecule has 0 saturated carbocycles. The van der Waals surface area contributed by atoms with Crippen molar-refractivity contribution in [3.05, 3.63) is 0 Å². The zero-order valence-electron chi connectivity index (χ0n) is 91.7.